The number of ketones is 1. The topological polar surface area (TPSA) is 50.9 Å². The molecule has 0 atom stereocenters. The Hall–Kier alpha value is -2.58. The van der Waals surface area contributed by atoms with Crippen molar-refractivity contribution in [1.29, 1.82) is 0 Å². The first-order valence-electron chi connectivity index (χ1n) is 8.58. The molecular weight excluding hydrogens is 370 g/mol. The number of aromatic nitrogens is 1. The zero-order chi connectivity index (χ0) is 20.5. The number of rotatable bonds is 7. The largest absolute Gasteiger partial charge is 0.433 e. The Labute approximate surface area is 160 Å². The zero-order valence-corrected chi connectivity index (χ0v) is 15.4. The van der Waals surface area contributed by atoms with E-state index in [4.69, 9.17) is 4.65 Å². The van der Waals surface area contributed by atoms with Crippen molar-refractivity contribution in [2.75, 3.05) is 13.2 Å². The van der Waals surface area contributed by atoms with Crippen LogP contribution in [0.4, 0.5) is 13.2 Å². The SMILES string of the molecule is CC(C)(CO)CO[B]c1cccn2c(C(=O)c3cc(F)c(F)c(F)c3)ccc12. The Balaban J connectivity index is 1.89. The van der Waals surface area contributed by atoms with Crippen molar-refractivity contribution in [2.45, 2.75) is 13.8 Å². The van der Waals surface area contributed by atoms with Crippen LogP contribution in [0.1, 0.15) is 29.9 Å². The highest BCUT2D eigenvalue weighted by Gasteiger charge is 2.20. The predicted octanol–water partition coefficient (Wildman–Crippen LogP) is 2.87. The van der Waals surface area contributed by atoms with Crippen LogP contribution >= 0.6 is 0 Å². The normalized spacial score (nSPS) is 11.8. The molecule has 3 rings (SSSR count). The van der Waals surface area contributed by atoms with Crippen LogP contribution in [0.5, 0.6) is 0 Å². The second-order valence-corrected chi connectivity index (χ2v) is 7.27. The van der Waals surface area contributed by atoms with Gasteiger partial charge in [0.05, 0.1) is 12.3 Å². The molecule has 1 aromatic carbocycles. The molecule has 0 aliphatic rings. The molecule has 0 fully saturated rings. The van der Waals surface area contributed by atoms with Gasteiger partial charge in [-0.25, -0.2) is 13.2 Å². The van der Waals surface area contributed by atoms with Crippen molar-refractivity contribution in [3.63, 3.8) is 0 Å². The van der Waals surface area contributed by atoms with E-state index in [0.29, 0.717) is 29.7 Å². The standard InChI is InChI=1S/C20H18BF3NO3/c1-20(2,10-26)11-28-21-13-4-3-7-25-16(13)5-6-17(25)19(27)12-8-14(22)18(24)15(23)9-12/h3-9,26H,10-11H2,1-2H3. The predicted molar refractivity (Wildman–Crippen MR) is 99.4 cm³/mol. The molecule has 2 aromatic heterocycles. The van der Waals surface area contributed by atoms with Gasteiger partial charge in [-0.05, 0) is 35.8 Å². The van der Waals surface area contributed by atoms with E-state index in [0.717, 1.165) is 0 Å². The molecule has 0 saturated carbocycles. The number of pyridine rings is 1. The Morgan fingerprint density at radius 3 is 2.50 bits per heavy atom. The number of hydrogen-bond donors (Lipinski definition) is 1. The maximum Gasteiger partial charge on any atom is 0.332 e. The van der Waals surface area contributed by atoms with Gasteiger partial charge in [0.1, 0.15) is 0 Å². The molecule has 0 aliphatic carbocycles. The Morgan fingerprint density at radius 1 is 1.18 bits per heavy atom. The number of halogens is 3. The van der Waals surface area contributed by atoms with Crippen LogP contribution in [0, 0.1) is 22.9 Å². The molecule has 8 heteroatoms. The lowest BCUT2D eigenvalue weighted by molar-refractivity contribution is 0.101. The molecule has 145 valence electrons. The quantitative estimate of drug-likeness (QED) is 0.385. The van der Waals surface area contributed by atoms with E-state index in [9.17, 15) is 23.1 Å². The van der Waals surface area contributed by atoms with Gasteiger partial charge in [0.25, 0.3) is 0 Å². The van der Waals surface area contributed by atoms with E-state index in [2.05, 4.69) is 0 Å². The number of carbonyl (C=O) groups is 1. The third kappa shape index (κ3) is 3.98. The molecule has 1 N–H and O–H groups in total. The lowest BCUT2D eigenvalue weighted by Crippen LogP contribution is -2.28. The van der Waals surface area contributed by atoms with Crippen LogP contribution in [0.15, 0.2) is 42.6 Å². The number of aliphatic hydroxyl groups excluding tert-OH is 1. The second kappa shape index (κ2) is 7.81. The molecule has 1 radical (unpaired) electrons. The number of benzene rings is 1. The van der Waals surface area contributed by atoms with Gasteiger partial charge in [0.15, 0.2) is 17.5 Å². The molecule has 2 heterocycles. The van der Waals surface area contributed by atoms with Crippen molar-refractivity contribution in [1.82, 2.24) is 4.40 Å². The monoisotopic (exact) mass is 388 g/mol. The lowest BCUT2D eigenvalue weighted by atomic mass is 9.86. The summed E-state index contributed by atoms with van der Waals surface area (Å²) >= 11 is 0. The van der Waals surface area contributed by atoms with E-state index in [-0.39, 0.29) is 17.9 Å². The Morgan fingerprint density at radius 2 is 1.86 bits per heavy atom. The van der Waals surface area contributed by atoms with Gasteiger partial charge < -0.3 is 14.2 Å². The maximum absolute atomic E-state index is 13.5. The average molecular weight is 388 g/mol. The minimum Gasteiger partial charge on any atom is -0.433 e. The Kier molecular flexibility index (Phi) is 5.63. The summed E-state index contributed by atoms with van der Waals surface area (Å²) in [6.07, 6.45) is 1.63. The molecule has 0 unspecified atom stereocenters. The molecule has 28 heavy (non-hydrogen) atoms. The molecule has 0 amide bonds. The van der Waals surface area contributed by atoms with E-state index >= 15 is 0 Å². The third-order valence-electron chi connectivity index (χ3n) is 4.32. The third-order valence-corrected chi connectivity index (χ3v) is 4.32. The number of hydrogen-bond acceptors (Lipinski definition) is 3. The highest BCUT2D eigenvalue weighted by atomic mass is 19.2. The van der Waals surface area contributed by atoms with Crippen LogP contribution in [-0.4, -0.2) is 36.0 Å². The van der Waals surface area contributed by atoms with Gasteiger partial charge in [-0.3, -0.25) is 4.79 Å². The van der Waals surface area contributed by atoms with Crippen LogP contribution in [0.25, 0.3) is 5.52 Å². The summed E-state index contributed by atoms with van der Waals surface area (Å²) in [5.41, 5.74) is 0.821. The van der Waals surface area contributed by atoms with Crippen molar-refractivity contribution in [2.24, 2.45) is 5.41 Å². The van der Waals surface area contributed by atoms with Gasteiger partial charge in [-0.2, -0.15) is 0 Å². The van der Waals surface area contributed by atoms with E-state index in [1.54, 1.807) is 28.8 Å². The van der Waals surface area contributed by atoms with Gasteiger partial charge in [0, 0.05) is 29.3 Å². The second-order valence-electron chi connectivity index (χ2n) is 7.27. The summed E-state index contributed by atoms with van der Waals surface area (Å²) in [5, 5.41) is 9.28. The number of nitrogens with zero attached hydrogens (tertiary/aromatic N) is 1. The fraction of sp³-hybridized carbons (Fsp3) is 0.250. The highest BCUT2D eigenvalue weighted by molar-refractivity contribution is 6.50. The summed E-state index contributed by atoms with van der Waals surface area (Å²) in [5.74, 6) is -5.09. The first-order chi connectivity index (χ1) is 13.2. The summed E-state index contributed by atoms with van der Waals surface area (Å²) in [6.45, 7) is 3.98. The van der Waals surface area contributed by atoms with Crippen LogP contribution in [0.3, 0.4) is 0 Å². The van der Waals surface area contributed by atoms with Crippen LogP contribution < -0.4 is 5.46 Å². The summed E-state index contributed by atoms with van der Waals surface area (Å²) in [7, 11) is 1.53. The Bertz CT molecular complexity index is 1010. The lowest BCUT2D eigenvalue weighted by Gasteiger charge is -2.21. The molecule has 0 aliphatic heterocycles. The van der Waals surface area contributed by atoms with Gasteiger partial charge in [-0.1, -0.05) is 19.9 Å². The first kappa shape index (κ1) is 20.2. The number of carbonyl (C=O) groups excluding carboxylic acids is 1. The zero-order valence-electron chi connectivity index (χ0n) is 15.4. The van der Waals surface area contributed by atoms with Gasteiger partial charge in [0.2, 0.25) is 5.78 Å². The van der Waals surface area contributed by atoms with E-state index < -0.39 is 28.6 Å². The fourth-order valence-electron chi connectivity index (χ4n) is 2.68. The first-order valence-corrected chi connectivity index (χ1v) is 8.58. The smallest absolute Gasteiger partial charge is 0.332 e. The average Bonchev–Trinajstić information content (AvgIpc) is 3.10. The van der Waals surface area contributed by atoms with E-state index in [1.165, 1.54) is 13.5 Å². The molecule has 0 spiro atoms. The van der Waals surface area contributed by atoms with Crippen molar-refractivity contribution in [3.05, 3.63) is 71.3 Å². The fourth-order valence-corrected chi connectivity index (χ4v) is 2.68. The van der Waals surface area contributed by atoms with Crippen LogP contribution in [-0.2, 0) is 4.65 Å². The van der Waals surface area contributed by atoms with Crippen molar-refractivity contribution < 1.29 is 27.7 Å². The maximum atomic E-state index is 13.5. The highest BCUT2D eigenvalue weighted by Crippen LogP contribution is 2.19. The molecule has 3 aromatic rings. The molecule has 0 bridgehead atoms. The summed E-state index contributed by atoms with van der Waals surface area (Å²) in [6, 6.07) is 8.03. The minimum atomic E-state index is -1.61. The van der Waals surface area contributed by atoms with Crippen molar-refractivity contribution in [3.8, 4) is 0 Å². The van der Waals surface area contributed by atoms with Gasteiger partial charge >= 0.3 is 7.48 Å². The molecule has 0 saturated heterocycles. The number of aliphatic hydroxyl groups is 1. The van der Waals surface area contributed by atoms with Crippen LogP contribution in [0.2, 0.25) is 0 Å². The molecular formula is C20H18BF3NO3. The minimum absolute atomic E-state index is 0.0282. The summed E-state index contributed by atoms with van der Waals surface area (Å²) in [4.78, 5) is 12.7. The molecule has 4 nitrogen and oxygen atoms in total. The van der Waals surface area contributed by atoms with E-state index in [1.807, 2.05) is 13.8 Å². The summed E-state index contributed by atoms with van der Waals surface area (Å²) < 4.78 is 47.2. The van der Waals surface area contributed by atoms with Crippen molar-refractivity contribution >= 4 is 24.2 Å². The number of fused-ring (bicyclic) bond motifs is 1. The van der Waals surface area contributed by atoms with Gasteiger partial charge in [-0.15, -0.1) is 0 Å².